The van der Waals surface area contributed by atoms with Crippen LogP contribution in [0.1, 0.15) is 30.9 Å². The highest BCUT2D eigenvalue weighted by atomic mass is 32.2. The average molecular weight is 411 g/mol. The fourth-order valence-corrected chi connectivity index (χ4v) is 4.49. The van der Waals surface area contributed by atoms with Gasteiger partial charge in [0.25, 0.3) is 0 Å². The fraction of sp³-hybridized carbons (Fsp3) is 0.364. The minimum absolute atomic E-state index is 0.472. The van der Waals surface area contributed by atoms with E-state index in [1.807, 2.05) is 47.6 Å². The lowest BCUT2D eigenvalue weighted by Crippen LogP contribution is -2.47. The number of aromatic nitrogens is 2. The zero-order valence-electron chi connectivity index (χ0n) is 17.0. The molecule has 6 nitrogen and oxygen atoms in total. The van der Waals surface area contributed by atoms with Gasteiger partial charge in [0.05, 0.1) is 4.90 Å². The van der Waals surface area contributed by atoms with Crippen LogP contribution in [-0.4, -0.2) is 44.8 Å². The molecule has 0 radical (unpaired) electrons. The van der Waals surface area contributed by atoms with Gasteiger partial charge in [-0.3, -0.25) is 0 Å². The van der Waals surface area contributed by atoms with E-state index < -0.39 is 11.0 Å². The number of rotatable bonds is 5. The highest BCUT2D eigenvalue weighted by Gasteiger charge is 2.25. The third-order valence-electron chi connectivity index (χ3n) is 5.22. The summed E-state index contributed by atoms with van der Waals surface area (Å²) >= 11 is 0. The molecule has 0 amide bonds. The maximum absolute atomic E-state index is 12.9. The molecule has 1 unspecified atom stereocenters. The van der Waals surface area contributed by atoms with Gasteiger partial charge in [0.15, 0.2) is 0 Å². The Morgan fingerprint density at radius 1 is 0.966 bits per heavy atom. The molecule has 1 fully saturated rings. The minimum atomic E-state index is -1.15. The molecular weight excluding hydrogens is 384 g/mol. The Kier molecular flexibility index (Phi) is 5.78. The van der Waals surface area contributed by atoms with Crippen molar-refractivity contribution in [3.05, 3.63) is 59.7 Å². The lowest BCUT2D eigenvalue weighted by molar-refractivity contribution is 0.367. The molecule has 2 heterocycles. The molecule has 4 rings (SSSR count). The van der Waals surface area contributed by atoms with Crippen molar-refractivity contribution in [2.45, 2.75) is 31.6 Å². The van der Waals surface area contributed by atoms with Crippen molar-refractivity contribution in [1.82, 2.24) is 14.4 Å². The van der Waals surface area contributed by atoms with Gasteiger partial charge in [0, 0.05) is 31.7 Å². The molecule has 3 aromatic rings. The lowest BCUT2D eigenvalue weighted by atomic mass is 10.0. The molecule has 1 aliphatic rings. The van der Waals surface area contributed by atoms with Gasteiger partial charge in [-0.1, -0.05) is 61.0 Å². The molecule has 152 valence electrons. The molecule has 0 spiro atoms. The topological polar surface area (TPSA) is 62.5 Å². The summed E-state index contributed by atoms with van der Waals surface area (Å²) in [6.07, 6.45) is 0. The SMILES string of the molecule is Cc1ccc(-c2noc(N3CCN(S(=O)c4ccc(C(C)C)cc4)CC3)n2)cc1. The quantitative estimate of drug-likeness (QED) is 0.636. The molecule has 1 aromatic heterocycles. The molecule has 1 aliphatic heterocycles. The zero-order valence-corrected chi connectivity index (χ0v) is 17.9. The van der Waals surface area contributed by atoms with E-state index >= 15 is 0 Å². The summed E-state index contributed by atoms with van der Waals surface area (Å²) in [6.45, 7) is 9.13. The molecule has 0 bridgehead atoms. The van der Waals surface area contributed by atoms with Gasteiger partial charge in [0.1, 0.15) is 11.0 Å². The zero-order chi connectivity index (χ0) is 20.4. The summed E-state index contributed by atoms with van der Waals surface area (Å²) in [5.41, 5.74) is 3.40. The number of piperazine rings is 1. The van der Waals surface area contributed by atoms with Gasteiger partial charge in [-0.15, -0.1) is 0 Å². The smallest absolute Gasteiger partial charge is 0.322 e. The Morgan fingerprint density at radius 2 is 1.62 bits per heavy atom. The first kappa shape index (κ1) is 19.8. The second kappa shape index (κ2) is 8.47. The third-order valence-corrected chi connectivity index (χ3v) is 6.73. The van der Waals surface area contributed by atoms with E-state index in [-0.39, 0.29) is 0 Å². The van der Waals surface area contributed by atoms with Gasteiger partial charge in [-0.25, -0.2) is 8.51 Å². The maximum atomic E-state index is 12.9. The van der Waals surface area contributed by atoms with Crippen molar-refractivity contribution in [3.63, 3.8) is 0 Å². The van der Waals surface area contributed by atoms with E-state index in [0.717, 1.165) is 10.5 Å². The minimum Gasteiger partial charge on any atom is -0.322 e. The predicted molar refractivity (Wildman–Crippen MR) is 115 cm³/mol. The monoisotopic (exact) mass is 410 g/mol. The molecule has 0 saturated carbocycles. The predicted octanol–water partition coefficient (Wildman–Crippen LogP) is 4.01. The Hall–Kier alpha value is -2.51. The van der Waals surface area contributed by atoms with Crippen molar-refractivity contribution < 1.29 is 8.73 Å². The van der Waals surface area contributed by atoms with Crippen LogP contribution in [-0.2, 0) is 11.0 Å². The van der Waals surface area contributed by atoms with Gasteiger partial charge >= 0.3 is 6.01 Å². The Balaban J connectivity index is 1.38. The first-order chi connectivity index (χ1) is 14.0. The van der Waals surface area contributed by atoms with Crippen LogP contribution < -0.4 is 4.90 Å². The molecule has 1 atom stereocenters. The van der Waals surface area contributed by atoms with Gasteiger partial charge in [-0.2, -0.15) is 4.98 Å². The fourth-order valence-electron chi connectivity index (χ4n) is 3.33. The standard InChI is InChI=1S/C22H26N4O2S/c1-16(2)18-8-10-20(11-9-18)29(27)26-14-12-25(13-15-26)22-23-21(24-28-22)19-6-4-17(3)5-7-19/h4-11,16H,12-15H2,1-3H3. The number of anilines is 1. The molecule has 0 N–H and O–H groups in total. The third kappa shape index (κ3) is 4.41. The highest BCUT2D eigenvalue weighted by Crippen LogP contribution is 2.23. The lowest BCUT2D eigenvalue weighted by Gasteiger charge is -2.32. The summed E-state index contributed by atoms with van der Waals surface area (Å²) in [5, 5.41) is 4.11. The van der Waals surface area contributed by atoms with E-state index in [4.69, 9.17) is 4.52 Å². The number of nitrogens with zero attached hydrogens (tertiary/aromatic N) is 4. The van der Waals surface area contributed by atoms with Crippen molar-refractivity contribution in [1.29, 1.82) is 0 Å². The number of hydrogen-bond acceptors (Lipinski definition) is 5. The van der Waals surface area contributed by atoms with Crippen LogP contribution in [0.4, 0.5) is 6.01 Å². The van der Waals surface area contributed by atoms with Crippen molar-refractivity contribution in [2.75, 3.05) is 31.1 Å². The van der Waals surface area contributed by atoms with Gasteiger partial charge < -0.3 is 9.42 Å². The van der Waals surface area contributed by atoms with Crippen molar-refractivity contribution in [3.8, 4) is 11.4 Å². The number of benzene rings is 2. The summed E-state index contributed by atoms with van der Waals surface area (Å²) in [7, 11) is -1.15. The molecule has 2 aromatic carbocycles. The first-order valence-corrected chi connectivity index (χ1v) is 11.0. The van der Waals surface area contributed by atoms with Crippen LogP contribution in [0.5, 0.6) is 0 Å². The van der Waals surface area contributed by atoms with Crippen LogP contribution in [0.15, 0.2) is 57.9 Å². The molecule has 7 heteroatoms. The molecular formula is C22H26N4O2S. The first-order valence-electron chi connectivity index (χ1n) is 9.94. The summed E-state index contributed by atoms with van der Waals surface area (Å²) in [5.74, 6) is 1.07. The van der Waals surface area contributed by atoms with Crippen LogP contribution in [0.25, 0.3) is 11.4 Å². The summed E-state index contributed by atoms with van der Waals surface area (Å²) in [4.78, 5) is 7.45. The van der Waals surface area contributed by atoms with E-state index in [2.05, 4.69) is 41.0 Å². The van der Waals surface area contributed by atoms with Crippen LogP contribution >= 0.6 is 0 Å². The maximum Gasteiger partial charge on any atom is 0.324 e. The second-order valence-corrected chi connectivity index (χ2v) is 9.14. The van der Waals surface area contributed by atoms with E-state index in [0.29, 0.717) is 43.9 Å². The molecule has 1 saturated heterocycles. The van der Waals surface area contributed by atoms with Crippen molar-refractivity contribution >= 4 is 17.0 Å². The number of hydrogen-bond donors (Lipinski definition) is 0. The van der Waals surface area contributed by atoms with E-state index in [1.165, 1.54) is 11.1 Å². The molecule has 0 aliphatic carbocycles. The van der Waals surface area contributed by atoms with Crippen LogP contribution in [0, 0.1) is 6.92 Å². The second-order valence-electron chi connectivity index (χ2n) is 7.66. The van der Waals surface area contributed by atoms with Crippen molar-refractivity contribution in [2.24, 2.45) is 0 Å². The molecule has 29 heavy (non-hydrogen) atoms. The van der Waals surface area contributed by atoms with Crippen LogP contribution in [0.2, 0.25) is 0 Å². The van der Waals surface area contributed by atoms with Crippen LogP contribution in [0.3, 0.4) is 0 Å². The largest absolute Gasteiger partial charge is 0.324 e. The van der Waals surface area contributed by atoms with Gasteiger partial charge in [-0.05, 0) is 30.5 Å². The Morgan fingerprint density at radius 3 is 2.24 bits per heavy atom. The van der Waals surface area contributed by atoms with E-state index in [9.17, 15) is 4.21 Å². The highest BCUT2D eigenvalue weighted by molar-refractivity contribution is 7.82. The Bertz CT molecular complexity index is 975. The Labute approximate surface area is 174 Å². The van der Waals surface area contributed by atoms with E-state index in [1.54, 1.807) is 0 Å². The normalized spacial score (nSPS) is 16.3. The number of aryl methyl sites for hydroxylation is 1. The summed E-state index contributed by atoms with van der Waals surface area (Å²) in [6, 6.07) is 16.7. The average Bonchev–Trinajstić information content (AvgIpc) is 3.24. The summed E-state index contributed by atoms with van der Waals surface area (Å²) < 4.78 is 20.4. The van der Waals surface area contributed by atoms with Gasteiger partial charge in [0.2, 0.25) is 5.82 Å².